The third-order valence-corrected chi connectivity index (χ3v) is 6.09. The van der Waals surface area contributed by atoms with Crippen LogP contribution in [-0.4, -0.2) is 31.3 Å². The molecule has 0 radical (unpaired) electrons. The zero-order valence-corrected chi connectivity index (χ0v) is 17.0. The van der Waals surface area contributed by atoms with Gasteiger partial charge in [0.2, 0.25) is 0 Å². The fourth-order valence-corrected chi connectivity index (χ4v) is 4.21. The highest BCUT2D eigenvalue weighted by Crippen LogP contribution is 2.41. The number of amides is 1. The number of alkyl halides is 3. The molecule has 2 aliphatic rings. The third-order valence-electron chi connectivity index (χ3n) is 6.09. The van der Waals surface area contributed by atoms with Crippen molar-refractivity contribution in [2.24, 2.45) is 11.1 Å². The van der Waals surface area contributed by atoms with E-state index in [1.54, 1.807) is 12.1 Å². The van der Waals surface area contributed by atoms with E-state index in [1.807, 2.05) is 4.90 Å². The minimum Gasteiger partial charge on any atom is -0.446 e. The molecule has 0 aromatic heterocycles. The summed E-state index contributed by atoms with van der Waals surface area (Å²) in [6, 6.07) is 4.59. The first kappa shape index (κ1) is 21.6. The summed E-state index contributed by atoms with van der Waals surface area (Å²) in [5.74, 6) is 0. The molecule has 29 heavy (non-hydrogen) atoms. The molecule has 0 bridgehead atoms. The first-order valence-electron chi connectivity index (χ1n) is 10.2. The topological polar surface area (TPSA) is 67.6 Å². The minimum absolute atomic E-state index is 0.0467. The molecule has 162 valence electrons. The number of hydrogen-bond acceptors (Lipinski definition) is 4. The number of carbonyl (C=O) groups is 1. The van der Waals surface area contributed by atoms with Crippen molar-refractivity contribution in [3.8, 4) is 0 Å². The maximum atomic E-state index is 13.8. The maximum Gasteiger partial charge on any atom is 0.418 e. The molecule has 0 unspecified atom stereocenters. The van der Waals surface area contributed by atoms with Gasteiger partial charge in [0.25, 0.3) is 0 Å². The summed E-state index contributed by atoms with van der Waals surface area (Å²) < 4.78 is 46.3. The molecule has 1 amide bonds. The van der Waals surface area contributed by atoms with Gasteiger partial charge < -0.3 is 20.7 Å². The molecule has 1 aliphatic carbocycles. The SMILES string of the molecule is CC1(C)CCN(c2ccc(NC3CCC(OC(N)=O)CC3)cc2C(F)(F)F)CC1. The number of rotatable bonds is 4. The second kappa shape index (κ2) is 8.32. The van der Waals surface area contributed by atoms with Crippen molar-refractivity contribution in [1.82, 2.24) is 0 Å². The van der Waals surface area contributed by atoms with Gasteiger partial charge in [-0.05, 0) is 62.1 Å². The highest BCUT2D eigenvalue weighted by Gasteiger charge is 2.37. The molecule has 1 saturated heterocycles. The molecule has 1 aromatic rings. The lowest BCUT2D eigenvalue weighted by Gasteiger charge is -2.39. The molecule has 0 spiro atoms. The van der Waals surface area contributed by atoms with Crippen molar-refractivity contribution >= 4 is 17.5 Å². The van der Waals surface area contributed by atoms with Gasteiger partial charge in [-0.25, -0.2) is 4.79 Å². The Labute approximate surface area is 169 Å². The Morgan fingerprint density at radius 2 is 1.79 bits per heavy atom. The molecular weight excluding hydrogens is 383 g/mol. The molecule has 3 rings (SSSR count). The third kappa shape index (κ3) is 5.70. The summed E-state index contributed by atoms with van der Waals surface area (Å²) in [5, 5.41) is 3.22. The largest absolute Gasteiger partial charge is 0.446 e. The molecule has 0 atom stereocenters. The molecule has 1 aliphatic heterocycles. The van der Waals surface area contributed by atoms with Crippen molar-refractivity contribution in [2.45, 2.75) is 70.7 Å². The lowest BCUT2D eigenvalue weighted by atomic mass is 9.82. The quantitative estimate of drug-likeness (QED) is 0.716. The smallest absolute Gasteiger partial charge is 0.418 e. The normalized spacial score (nSPS) is 24.8. The molecule has 5 nitrogen and oxygen atoms in total. The fraction of sp³-hybridized carbons (Fsp3) is 0.667. The van der Waals surface area contributed by atoms with E-state index in [0.717, 1.165) is 12.8 Å². The second-order valence-electron chi connectivity index (χ2n) is 8.94. The number of benzene rings is 1. The number of piperidine rings is 1. The van der Waals surface area contributed by atoms with Gasteiger partial charge in [-0.3, -0.25) is 0 Å². The predicted molar refractivity (Wildman–Crippen MR) is 107 cm³/mol. The molecule has 3 N–H and O–H groups in total. The van der Waals surface area contributed by atoms with Gasteiger partial charge in [-0.1, -0.05) is 13.8 Å². The van der Waals surface area contributed by atoms with Crippen LogP contribution in [-0.2, 0) is 10.9 Å². The van der Waals surface area contributed by atoms with E-state index in [1.165, 1.54) is 6.07 Å². The Balaban J connectivity index is 1.69. The van der Waals surface area contributed by atoms with Crippen molar-refractivity contribution < 1.29 is 22.7 Å². The van der Waals surface area contributed by atoms with Gasteiger partial charge in [-0.15, -0.1) is 0 Å². The number of nitrogens with zero attached hydrogens (tertiary/aromatic N) is 1. The van der Waals surface area contributed by atoms with Crippen LogP contribution in [0.3, 0.4) is 0 Å². The summed E-state index contributed by atoms with van der Waals surface area (Å²) >= 11 is 0. The van der Waals surface area contributed by atoms with E-state index < -0.39 is 17.8 Å². The molecule has 2 fully saturated rings. The summed E-state index contributed by atoms with van der Waals surface area (Å²) in [5.41, 5.74) is 5.36. The van der Waals surface area contributed by atoms with Gasteiger partial charge >= 0.3 is 12.3 Å². The van der Waals surface area contributed by atoms with Crippen LogP contribution in [0.5, 0.6) is 0 Å². The molecule has 1 heterocycles. The van der Waals surface area contributed by atoms with E-state index >= 15 is 0 Å². The standard InChI is InChI=1S/C21H30F3N3O2/c1-20(2)9-11-27(12-10-20)18-8-5-15(13-17(18)21(22,23)24)26-14-3-6-16(7-4-14)29-19(25)28/h5,8,13-14,16,26H,3-4,6-7,9-12H2,1-2H3,(H2,25,28). The van der Waals surface area contributed by atoms with Crippen LogP contribution in [0.2, 0.25) is 0 Å². The molecule has 1 aromatic carbocycles. The van der Waals surface area contributed by atoms with Gasteiger partial charge in [0.05, 0.1) is 5.56 Å². The van der Waals surface area contributed by atoms with Crippen LogP contribution in [0.1, 0.15) is 57.9 Å². The van der Waals surface area contributed by atoms with Crippen molar-refractivity contribution in [1.29, 1.82) is 0 Å². The number of halogens is 3. The van der Waals surface area contributed by atoms with E-state index in [2.05, 4.69) is 19.2 Å². The number of primary amides is 1. The predicted octanol–water partition coefficient (Wildman–Crippen LogP) is 5.15. The highest BCUT2D eigenvalue weighted by atomic mass is 19.4. The van der Waals surface area contributed by atoms with E-state index in [0.29, 0.717) is 44.5 Å². The van der Waals surface area contributed by atoms with Gasteiger partial charge in [-0.2, -0.15) is 13.2 Å². The number of anilines is 2. The fourth-order valence-electron chi connectivity index (χ4n) is 4.21. The Hall–Kier alpha value is -2.12. The van der Waals surface area contributed by atoms with E-state index in [4.69, 9.17) is 10.5 Å². The zero-order chi connectivity index (χ0) is 21.2. The number of hydrogen-bond donors (Lipinski definition) is 2. The van der Waals surface area contributed by atoms with Crippen LogP contribution in [0.15, 0.2) is 18.2 Å². The zero-order valence-electron chi connectivity index (χ0n) is 17.0. The average Bonchev–Trinajstić information content (AvgIpc) is 2.62. The van der Waals surface area contributed by atoms with Crippen LogP contribution in [0.25, 0.3) is 0 Å². The Morgan fingerprint density at radius 1 is 1.17 bits per heavy atom. The average molecular weight is 413 g/mol. The Morgan fingerprint density at radius 3 is 2.34 bits per heavy atom. The van der Waals surface area contributed by atoms with Crippen LogP contribution in [0.4, 0.5) is 29.3 Å². The second-order valence-corrected chi connectivity index (χ2v) is 8.94. The summed E-state index contributed by atoms with van der Waals surface area (Å²) in [7, 11) is 0. The molecule has 8 heteroatoms. The monoisotopic (exact) mass is 413 g/mol. The van der Waals surface area contributed by atoms with Crippen molar-refractivity contribution in [2.75, 3.05) is 23.3 Å². The van der Waals surface area contributed by atoms with Crippen LogP contribution >= 0.6 is 0 Å². The lowest BCUT2D eigenvalue weighted by Crippen LogP contribution is -2.38. The number of carbonyl (C=O) groups excluding carboxylic acids is 1. The first-order chi connectivity index (χ1) is 13.5. The summed E-state index contributed by atoms with van der Waals surface area (Å²) in [6.45, 7) is 5.58. The number of nitrogens with two attached hydrogens (primary N) is 1. The minimum atomic E-state index is -4.41. The van der Waals surface area contributed by atoms with Crippen LogP contribution in [0, 0.1) is 5.41 Å². The van der Waals surface area contributed by atoms with Crippen molar-refractivity contribution in [3.63, 3.8) is 0 Å². The van der Waals surface area contributed by atoms with Gasteiger partial charge in [0.1, 0.15) is 6.10 Å². The lowest BCUT2D eigenvalue weighted by molar-refractivity contribution is -0.137. The Bertz CT molecular complexity index is 718. The maximum absolute atomic E-state index is 13.8. The summed E-state index contributed by atoms with van der Waals surface area (Å²) in [6.07, 6.45) is -0.933. The molecular formula is C21H30F3N3O2. The van der Waals surface area contributed by atoms with Crippen molar-refractivity contribution in [3.05, 3.63) is 23.8 Å². The number of nitrogens with one attached hydrogen (secondary N) is 1. The Kier molecular flexibility index (Phi) is 6.19. The van der Waals surface area contributed by atoms with Gasteiger partial charge in [0.15, 0.2) is 0 Å². The summed E-state index contributed by atoms with van der Waals surface area (Å²) in [4.78, 5) is 12.7. The first-order valence-corrected chi connectivity index (χ1v) is 10.2. The number of ether oxygens (including phenoxy) is 1. The molecule has 1 saturated carbocycles. The van der Waals surface area contributed by atoms with E-state index in [9.17, 15) is 18.0 Å². The van der Waals surface area contributed by atoms with Crippen LogP contribution < -0.4 is 16.0 Å². The van der Waals surface area contributed by atoms with E-state index in [-0.39, 0.29) is 23.2 Å². The highest BCUT2D eigenvalue weighted by molar-refractivity contribution is 5.65. The van der Waals surface area contributed by atoms with Gasteiger partial charge in [0, 0.05) is 30.5 Å².